The highest BCUT2D eigenvalue weighted by Crippen LogP contribution is 2.21. The Bertz CT molecular complexity index is 631. The number of carbonyl (C=O) groups excluding carboxylic acids is 1. The number of carboxylic acids is 1. The van der Waals surface area contributed by atoms with Crippen LogP contribution in [0.25, 0.3) is 10.9 Å². The second-order valence-corrected chi connectivity index (χ2v) is 4.63. The lowest BCUT2D eigenvalue weighted by Gasteiger charge is -2.02. The molecule has 5 heteroatoms. The highest BCUT2D eigenvalue weighted by Gasteiger charge is 2.11. The molecule has 1 aromatic carbocycles. The van der Waals surface area contributed by atoms with Crippen LogP contribution < -0.4 is 5.32 Å². The lowest BCUT2D eigenvalue weighted by molar-refractivity contribution is -0.136. The number of carbonyl (C=O) groups is 2. The normalized spacial score (nSPS) is 10.7. The van der Waals surface area contributed by atoms with Crippen LogP contribution in [0.5, 0.6) is 0 Å². The van der Waals surface area contributed by atoms with E-state index in [1.807, 2.05) is 30.5 Å². The molecule has 1 aromatic heterocycles. The predicted molar refractivity (Wildman–Crippen MR) is 76.6 cm³/mol. The molecule has 0 unspecified atom stereocenters. The zero-order chi connectivity index (χ0) is 14.5. The summed E-state index contributed by atoms with van der Waals surface area (Å²) in [6, 6.07) is 7.96. The van der Waals surface area contributed by atoms with E-state index in [1.54, 1.807) is 0 Å². The van der Waals surface area contributed by atoms with E-state index in [-0.39, 0.29) is 25.3 Å². The summed E-state index contributed by atoms with van der Waals surface area (Å²) < 4.78 is 2.11. The molecule has 0 aliphatic carbocycles. The highest BCUT2D eigenvalue weighted by molar-refractivity contribution is 5.89. The minimum absolute atomic E-state index is 0.0531. The third-order valence-corrected chi connectivity index (χ3v) is 3.22. The minimum atomic E-state index is -0.909. The van der Waals surface area contributed by atoms with Crippen LogP contribution in [-0.4, -0.2) is 28.1 Å². The maximum absolute atomic E-state index is 11.8. The number of nitrogens with zero attached hydrogens (tertiary/aromatic N) is 1. The number of hydrogen-bond acceptors (Lipinski definition) is 2. The van der Waals surface area contributed by atoms with Gasteiger partial charge in [0.1, 0.15) is 0 Å². The van der Waals surface area contributed by atoms with Crippen molar-refractivity contribution in [3.63, 3.8) is 0 Å². The van der Waals surface area contributed by atoms with E-state index in [9.17, 15) is 9.59 Å². The Morgan fingerprint density at radius 2 is 2.05 bits per heavy atom. The molecular formula is C15H18N2O3. The molecule has 1 heterocycles. The molecule has 2 aromatic rings. The van der Waals surface area contributed by atoms with Gasteiger partial charge in [-0.2, -0.15) is 0 Å². The number of nitrogens with one attached hydrogen (secondary N) is 1. The van der Waals surface area contributed by atoms with Crippen molar-refractivity contribution in [1.82, 2.24) is 9.88 Å². The molecule has 0 bridgehead atoms. The first-order chi connectivity index (χ1) is 9.61. The number of para-hydroxylation sites is 1. The van der Waals surface area contributed by atoms with Crippen molar-refractivity contribution in [3.8, 4) is 0 Å². The summed E-state index contributed by atoms with van der Waals surface area (Å²) in [4.78, 5) is 22.2. The van der Waals surface area contributed by atoms with E-state index in [4.69, 9.17) is 5.11 Å². The van der Waals surface area contributed by atoms with Gasteiger partial charge in [-0.3, -0.25) is 9.59 Å². The van der Waals surface area contributed by atoms with Gasteiger partial charge in [0.25, 0.3) is 0 Å². The number of carboxylic acid groups (broad SMARTS) is 1. The van der Waals surface area contributed by atoms with Crippen molar-refractivity contribution >= 4 is 22.8 Å². The van der Waals surface area contributed by atoms with Gasteiger partial charge in [-0.1, -0.05) is 18.2 Å². The lowest BCUT2D eigenvalue weighted by atomic mass is 10.1. The fourth-order valence-electron chi connectivity index (χ4n) is 2.27. The van der Waals surface area contributed by atoms with Crippen LogP contribution in [0.2, 0.25) is 0 Å². The summed E-state index contributed by atoms with van der Waals surface area (Å²) in [6.45, 7) is 3.07. The average Bonchev–Trinajstić information content (AvgIpc) is 2.77. The third-order valence-electron chi connectivity index (χ3n) is 3.22. The minimum Gasteiger partial charge on any atom is -0.481 e. The summed E-state index contributed by atoms with van der Waals surface area (Å²) >= 11 is 0. The topological polar surface area (TPSA) is 71.3 Å². The van der Waals surface area contributed by atoms with Crippen LogP contribution in [0.15, 0.2) is 30.5 Å². The zero-order valence-electron chi connectivity index (χ0n) is 11.4. The SMILES string of the molecule is CCn1cc(CC(=O)NCCC(=O)O)c2ccccc21. The van der Waals surface area contributed by atoms with Crippen LogP contribution in [0.3, 0.4) is 0 Å². The van der Waals surface area contributed by atoms with Crippen molar-refractivity contribution in [2.45, 2.75) is 26.3 Å². The standard InChI is InChI=1S/C15H18N2O3/c1-2-17-10-11(12-5-3-4-6-13(12)17)9-14(18)16-8-7-15(19)20/h3-6,10H,2,7-9H2,1H3,(H,16,18)(H,19,20). The van der Waals surface area contributed by atoms with Crippen LogP contribution in [0.1, 0.15) is 18.9 Å². The van der Waals surface area contributed by atoms with Crippen molar-refractivity contribution in [2.24, 2.45) is 0 Å². The van der Waals surface area contributed by atoms with Gasteiger partial charge in [0.2, 0.25) is 5.91 Å². The van der Waals surface area contributed by atoms with Crippen LogP contribution in [0.4, 0.5) is 0 Å². The summed E-state index contributed by atoms with van der Waals surface area (Å²) in [6.07, 6.45) is 2.21. The second-order valence-electron chi connectivity index (χ2n) is 4.63. The molecule has 0 fully saturated rings. The molecule has 106 valence electrons. The first-order valence-electron chi connectivity index (χ1n) is 6.67. The monoisotopic (exact) mass is 274 g/mol. The number of fused-ring (bicyclic) bond motifs is 1. The quantitative estimate of drug-likeness (QED) is 0.843. The molecule has 0 atom stereocenters. The summed E-state index contributed by atoms with van der Waals surface area (Å²) in [7, 11) is 0. The zero-order valence-corrected chi connectivity index (χ0v) is 11.4. The van der Waals surface area contributed by atoms with Crippen molar-refractivity contribution in [1.29, 1.82) is 0 Å². The summed E-state index contributed by atoms with van der Waals surface area (Å²) in [5.74, 6) is -1.06. The van der Waals surface area contributed by atoms with Crippen LogP contribution in [0, 0.1) is 0 Å². The molecule has 0 aliphatic rings. The summed E-state index contributed by atoms with van der Waals surface area (Å²) in [5, 5.41) is 12.2. The molecule has 20 heavy (non-hydrogen) atoms. The van der Waals surface area contributed by atoms with Gasteiger partial charge in [-0.25, -0.2) is 0 Å². The second kappa shape index (κ2) is 6.23. The molecule has 0 spiro atoms. The maximum atomic E-state index is 11.8. The molecule has 2 N–H and O–H groups in total. The van der Waals surface area contributed by atoms with E-state index >= 15 is 0 Å². The van der Waals surface area contributed by atoms with Crippen molar-refractivity contribution in [3.05, 3.63) is 36.0 Å². The van der Waals surface area contributed by atoms with Crippen molar-refractivity contribution < 1.29 is 14.7 Å². The van der Waals surface area contributed by atoms with Crippen LogP contribution >= 0.6 is 0 Å². The number of aliphatic carboxylic acids is 1. The van der Waals surface area contributed by atoms with E-state index < -0.39 is 5.97 Å². The predicted octanol–water partition coefficient (Wildman–Crippen LogP) is 1.79. The first kappa shape index (κ1) is 14.1. The Hall–Kier alpha value is -2.30. The molecule has 2 rings (SSSR count). The summed E-state index contributed by atoms with van der Waals surface area (Å²) in [5.41, 5.74) is 2.08. The maximum Gasteiger partial charge on any atom is 0.305 e. The lowest BCUT2D eigenvalue weighted by Crippen LogP contribution is -2.27. The Morgan fingerprint density at radius 1 is 1.30 bits per heavy atom. The number of benzene rings is 1. The van der Waals surface area contributed by atoms with E-state index in [0.717, 1.165) is 23.0 Å². The number of aromatic nitrogens is 1. The Labute approximate surface area is 117 Å². The average molecular weight is 274 g/mol. The van der Waals surface area contributed by atoms with Gasteiger partial charge < -0.3 is 15.0 Å². The molecule has 0 aliphatic heterocycles. The highest BCUT2D eigenvalue weighted by atomic mass is 16.4. The van der Waals surface area contributed by atoms with Crippen LogP contribution in [-0.2, 0) is 22.6 Å². The number of amides is 1. The van der Waals surface area contributed by atoms with Gasteiger partial charge in [-0.05, 0) is 18.6 Å². The van der Waals surface area contributed by atoms with Gasteiger partial charge in [-0.15, -0.1) is 0 Å². The smallest absolute Gasteiger partial charge is 0.305 e. The molecule has 0 saturated carbocycles. The molecule has 0 saturated heterocycles. The molecule has 1 amide bonds. The molecular weight excluding hydrogens is 256 g/mol. The molecule has 0 radical (unpaired) electrons. The fraction of sp³-hybridized carbons (Fsp3) is 0.333. The largest absolute Gasteiger partial charge is 0.481 e. The fourth-order valence-corrected chi connectivity index (χ4v) is 2.27. The molecule has 5 nitrogen and oxygen atoms in total. The Balaban J connectivity index is 2.09. The third kappa shape index (κ3) is 3.17. The van der Waals surface area contributed by atoms with Gasteiger partial charge in [0, 0.05) is 30.2 Å². The van der Waals surface area contributed by atoms with E-state index in [2.05, 4.69) is 16.8 Å². The van der Waals surface area contributed by atoms with Gasteiger partial charge >= 0.3 is 5.97 Å². The number of aryl methyl sites for hydroxylation is 1. The first-order valence-corrected chi connectivity index (χ1v) is 6.67. The number of hydrogen-bond donors (Lipinski definition) is 2. The van der Waals surface area contributed by atoms with E-state index in [1.165, 1.54) is 0 Å². The van der Waals surface area contributed by atoms with Gasteiger partial charge in [0.05, 0.1) is 12.8 Å². The number of rotatable bonds is 6. The van der Waals surface area contributed by atoms with Gasteiger partial charge in [0.15, 0.2) is 0 Å². The Morgan fingerprint density at radius 3 is 2.75 bits per heavy atom. The Kier molecular flexibility index (Phi) is 4.40. The van der Waals surface area contributed by atoms with E-state index in [0.29, 0.717) is 0 Å². The van der Waals surface area contributed by atoms with Crippen molar-refractivity contribution in [2.75, 3.05) is 6.54 Å².